The molecule has 3 nitrogen and oxygen atoms in total. The van der Waals surface area contributed by atoms with E-state index in [4.69, 9.17) is 4.74 Å². The van der Waals surface area contributed by atoms with Crippen molar-refractivity contribution in [2.24, 2.45) is 0 Å². The minimum absolute atomic E-state index is 0.306. The first-order valence-corrected chi connectivity index (χ1v) is 6.36. The number of ether oxygens (including phenoxy) is 1. The maximum absolute atomic E-state index is 9.70. The van der Waals surface area contributed by atoms with Crippen LogP contribution in [0.1, 0.15) is 19.4 Å². The van der Waals surface area contributed by atoms with Gasteiger partial charge < -0.3 is 15.2 Å². The Hall–Kier alpha value is -1.32. The van der Waals surface area contributed by atoms with E-state index in [1.807, 2.05) is 44.2 Å². The van der Waals surface area contributed by atoms with Gasteiger partial charge in [-0.05, 0) is 24.1 Å². The third-order valence-electron chi connectivity index (χ3n) is 2.51. The molecule has 1 unspecified atom stereocenters. The topological polar surface area (TPSA) is 41.5 Å². The minimum Gasteiger partial charge on any atom is -0.491 e. The van der Waals surface area contributed by atoms with Crippen molar-refractivity contribution in [1.82, 2.24) is 5.32 Å². The lowest BCUT2D eigenvalue weighted by Crippen LogP contribution is -2.35. The molecule has 0 aromatic heterocycles. The zero-order valence-electron chi connectivity index (χ0n) is 11.2. The molecule has 0 spiro atoms. The van der Waals surface area contributed by atoms with Crippen LogP contribution in [0.4, 0.5) is 0 Å². The Morgan fingerprint density at radius 2 is 2.00 bits per heavy atom. The Morgan fingerprint density at radius 1 is 1.33 bits per heavy atom. The van der Waals surface area contributed by atoms with E-state index < -0.39 is 6.10 Å². The molecule has 0 aliphatic rings. The summed E-state index contributed by atoms with van der Waals surface area (Å²) in [5.41, 5.74) is 1.21. The van der Waals surface area contributed by atoms with Crippen LogP contribution in [0, 0.1) is 0 Å². The van der Waals surface area contributed by atoms with Gasteiger partial charge in [0.25, 0.3) is 0 Å². The number of benzene rings is 1. The van der Waals surface area contributed by atoms with E-state index in [0.717, 1.165) is 12.2 Å². The van der Waals surface area contributed by atoms with Crippen LogP contribution in [0.15, 0.2) is 36.9 Å². The highest BCUT2D eigenvalue weighted by atomic mass is 16.5. The molecular formula is C15H23NO2. The van der Waals surface area contributed by atoms with Crippen molar-refractivity contribution in [3.8, 4) is 5.75 Å². The molecule has 100 valence electrons. The lowest BCUT2D eigenvalue weighted by molar-refractivity contribution is 0.104. The van der Waals surface area contributed by atoms with E-state index in [1.54, 1.807) is 0 Å². The summed E-state index contributed by atoms with van der Waals surface area (Å²) in [6.07, 6.45) is 2.25. The summed E-state index contributed by atoms with van der Waals surface area (Å²) < 4.78 is 5.52. The fourth-order valence-electron chi connectivity index (χ4n) is 1.51. The maximum Gasteiger partial charge on any atom is 0.119 e. The predicted octanol–water partition coefficient (Wildman–Crippen LogP) is 2.15. The molecule has 0 saturated carbocycles. The molecule has 0 bridgehead atoms. The molecule has 0 heterocycles. The number of rotatable bonds is 8. The maximum atomic E-state index is 9.70. The predicted molar refractivity (Wildman–Crippen MR) is 75.0 cm³/mol. The second kappa shape index (κ2) is 7.90. The van der Waals surface area contributed by atoms with Crippen LogP contribution in [0.2, 0.25) is 0 Å². The van der Waals surface area contributed by atoms with E-state index in [2.05, 4.69) is 11.9 Å². The van der Waals surface area contributed by atoms with Crippen molar-refractivity contribution >= 4 is 0 Å². The van der Waals surface area contributed by atoms with Crippen molar-refractivity contribution in [3.05, 3.63) is 42.5 Å². The third-order valence-corrected chi connectivity index (χ3v) is 2.51. The normalized spacial score (nSPS) is 12.4. The van der Waals surface area contributed by atoms with Gasteiger partial charge in [0.2, 0.25) is 0 Å². The van der Waals surface area contributed by atoms with Crippen molar-refractivity contribution in [2.75, 3.05) is 13.2 Å². The number of aliphatic hydroxyl groups excluding tert-OH is 1. The Balaban J connectivity index is 2.31. The van der Waals surface area contributed by atoms with Gasteiger partial charge in [0.05, 0.1) is 0 Å². The van der Waals surface area contributed by atoms with Gasteiger partial charge in [-0.15, -0.1) is 6.58 Å². The second-order valence-electron chi connectivity index (χ2n) is 4.66. The lowest BCUT2D eigenvalue weighted by Gasteiger charge is -2.15. The van der Waals surface area contributed by atoms with Crippen molar-refractivity contribution < 1.29 is 9.84 Å². The van der Waals surface area contributed by atoms with Crippen LogP contribution in [0.5, 0.6) is 5.75 Å². The smallest absolute Gasteiger partial charge is 0.119 e. The van der Waals surface area contributed by atoms with Crippen LogP contribution in [-0.2, 0) is 6.42 Å². The fourth-order valence-corrected chi connectivity index (χ4v) is 1.51. The molecule has 0 amide bonds. The number of aliphatic hydroxyl groups is 1. The van der Waals surface area contributed by atoms with Gasteiger partial charge in [-0.1, -0.05) is 32.1 Å². The molecular weight excluding hydrogens is 226 g/mol. The zero-order chi connectivity index (χ0) is 13.4. The SMILES string of the molecule is C=CCc1ccc(OCC(O)CNC(C)C)cc1. The average molecular weight is 249 g/mol. The van der Waals surface area contributed by atoms with Gasteiger partial charge in [-0.25, -0.2) is 0 Å². The van der Waals surface area contributed by atoms with Crippen LogP contribution in [-0.4, -0.2) is 30.4 Å². The molecule has 1 aromatic carbocycles. The van der Waals surface area contributed by atoms with Gasteiger partial charge in [0, 0.05) is 12.6 Å². The summed E-state index contributed by atoms with van der Waals surface area (Å²) >= 11 is 0. The fraction of sp³-hybridized carbons (Fsp3) is 0.467. The molecule has 18 heavy (non-hydrogen) atoms. The number of hydrogen-bond donors (Lipinski definition) is 2. The first-order valence-electron chi connectivity index (χ1n) is 6.36. The van der Waals surface area contributed by atoms with Gasteiger partial charge in [-0.3, -0.25) is 0 Å². The lowest BCUT2D eigenvalue weighted by atomic mass is 10.1. The third kappa shape index (κ3) is 5.84. The highest BCUT2D eigenvalue weighted by Crippen LogP contribution is 2.12. The molecule has 1 aromatic rings. The van der Waals surface area contributed by atoms with Crippen LogP contribution in [0.25, 0.3) is 0 Å². The molecule has 3 heteroatoms. The molecule has 0 radical (unpaired) electrons. The Morgan fingerprint density at radius 3 is 2.56 bits per heavy atom. The molecule has 0 fully saturated rings. The highest BCUT2D eigenvalue weighted by molar-refractivity contribution is 5.28. The highest BCUT2D eigenvalue weighted by Gasteiger charge is 2.05. The van der Waals surface area contributed by atoms with Crippen molar-refractivity contribution in [2.45, 2.75) is 32.4 Å². The van der Waals surface area contributed by atoms with Gasteiger partial charge in [0.15, 0.2) is 0 Å². The Labute approximate surface area is 109 Å². The Kier molecular flexibility index (Phi) is 6.47. The average Bonchev–Trinajstić information content (AvgIpc) is 2.36. The monoisotopic (exact) mass is 249 g/mol. The van der Waals surface area contributed by atoms with Crippen LogP contribution < -0.4 is 10.1 Å². The molecule has 0 saturated heterocycles. The quantitative estimate of drug-likeness (QED) is 0.694. The summed E-state index contributed by atoms with van der Waals surface area (Å²) in [5, 5.41) is 12.9. The molecule has 0 aliphatic heterocycles. The largest absolute Gasteiger partial charge is 0.491 e. The van der Waals surface area contributed by atoms with E-state index >= 15 is 0 Å². The summed E-state index contributed by atoms with van der Waals surface area (Å²) in [6, 6.07) is 8.23. The first-order chi connectivity index (χ1) is 8.61. The van der Waals surface area contributed by atoms with Gasteiger partial charge in [0.1, 0.15) is 18.5 Å². The van der Waals surface area contributed by atoms with Crippen LogP contribution >= 0.6 is 0 Å². The van der Waals surface area contributed by atoms with E-state index in [9.17, 15) is 5.11 Å². The standard InChI is InChI=1S/C15H23NO2/c1-4-5-13-6-8-15(9-7-13)18-11-14(17)10-16-12(2)3/h4,6-9,12,14,16-17H,1,5,10-11H2,2-3H3. The van der Waals surface area contributed by atoms with E-state index in [0.29, 0.717) is 19.2 Å². The van der Waals surface area contributed by atoms with Crippen LogP contribution in [0.3, 0.4) is 0 Å². The molecule has 2 N–H and O–H groups in total. The van der Waals surface area contributed by atoms with Gasteiger partial charge in [-0.2, -0.15) is 0 Å². The summed E-state index contributed by atoms with van der Waals surface area (Å²) in [6.45, 7) is 8.65. The minimum atomic E-state index is -0.486. The summed E-state index contributed by atoms with van der Waals surface area (Å²) in [5.74, 6) is 0.784. The van der Waals surface area contributed by atoms with E-state index in [-0.39, 0.29) is 0 Å². The summed E-state index contributed by atoms with van der Waals surface area (Å²) in [4.78, 5) is 0. The number of allylic oxidation sites excluding steroid dienone is 1. The summed E-state index contributed by atoms with van der Waals surface area (Å²) in [7, 11) is 0. The Bertz CT molecular complexity index is 346. The van der Waals surface area contributed by atoms with Crippen molar-refractivity contribution in [3.63, 3.8) is 0 Å². The zero-order valence-corrected chi connectivity index (χ0v) is 11.2. The van der Waals surface area contributed by atoms with E-state index in [1.165, 1.54) is 5.56 Å². The van der Waals surface area contributed by atoms with Gasteiger partial charge >= 0.3 is 0 Å². The second-order valence-corrected chi connectivity index (χ2v) is 4.66. The number of hydrogen-bond acceptors (Lipinski definition) is 3. The number of nitrogens with one attached hydrogen (secondary N) is 1. The van der Waals surface area contributed by atoms with Crippen molar-refractivity contribution in [1.29, 1.82) is 0 Å². The molecule has 1 rings (SSSR count). The molecule has 0 aliphatic carbocycles. The first kappa shape index (κ1) is 14.7. The molecule has 1 atom stereocenters.